The number of aromatic nitrogens is 3. The van der Waals surface area contributed by atoms with E-state index >= 15 is 0 Å². The first-order valence-corrected chi connectivity index (χ1v) is 7.99. The lowest BCUT2D eigenvalue weighted by Crippen LogP contribution is -2.29. The summed E-state index contributed by atoms with van der Waals surface area (Å²) in [6.07, 6.45) is 3.79. The van der Waals surface area contributed by atoms with Crippen molar-refractivity contribution in [2.24, 2.45) is 20.0 Å². The van der Waals surface area contributed by atoms with Gasteiger partial charge in [-0.2, -0.15) is 0 Å². The van der Waals surface area contributed by atoms with Gasteiger partial charge in [0.1, 0.15) is 6.04 Å². The highest BCUT2D eigenvalue weighted by molar-refractivity contribution is 5.95. The smallest absolute Gasteiger partial charge is 0.328 e. The van der Waals surface area contributed by atoms with Gasteiger partial charge >= 0.3 is 5.69 Å². The van der Waals surface area contributed by atoms with Crippen molar-refractivity contribution in [1.82, 2.24) is 13.7 Å². The van der Waals surface area contributed by atoms with E-state index in [4.69, 9.17) is 0 Å². The molecule has 2 aromatic heterocycles. The molecule has 1 amide bonds. The number of carbonyl (C=O) groups excluding carboxylic acids is 1. The van der Waals surface area contributed by atoms with Gasteiger partial charge in [0.05, 0.1) is 11.0 Å². The van der Waals surface area contributed by atoms with Crippen LogP contribution >= 0.6 is 0 Å². The Morgan fingerprint density at radius 3 is 2.29 bits per heavy atom. The Morgan fingerprint density at radius 1 is 1.04 bits per heavy atom. The van der Waals surface area contributed by atoms with Crippen molar-refractivity contribution in [2.75, 3.05) is 5.32 Å². The van der Waals surface area contributed by atoms with E-state index in [0.29, 0.717) is 5.69 Å². The molecule has 6 heteroatoms. The van der Waals surface area contributed by atoms with E-state index in [0.717, 1.165) is 11.0 Å². The number of amides is 1. The number of rotatable bonds is 4. The Balaban J connectivity index is 1.93. The summed E-state index contributed by atoms with van der Waals surface area (Å²) in [5.74, 6) is 0.0868. The van der Waals surface area contributed by atoms with Gasteiger partial charge in [-0.05, 0) is 36.2 Å². The standard InChI is InChI=1S/C18H22N4O2/c1-12(2)16(22-9-5-6-10-22)17(23)19-13-7-8-14-15(11-13)21(4)18(24)20(14)3/h5-12,16H,1-4H3,(H,19,23). The Morgan fingerprint density at radius 2 is 1.67 bits per heavy atom. The lowest BCUT2D eigenvalue weighted by Gasteiger charge is -2.22. The number of benzene rings is 1. The molecule has 0 saturated carbocycles. The molecule has 1 aromatic carbocycles. The predicted octanol–water partition coefficient (Wildman–Crippen LogP) is 2.51. The van der Waals surface area contributed by atoms with Gasteiger partial charge in [-0.15, -0.1) is 0 Å². The van der Waals surface area contributed by atoms with E-state index in [1.54, 1.807) is 23.2 Å². The van der Waals surface area contributed by atoms with E-state index in [2.05, 4.69) is 5.32 Å². The fraction of sp³-hybridized carbons (Fsp3) is 0.333. The zero-order valence-electron chi connectivity index (χ0n) is 14.4. The average molecular weight is 326 g/mol. The quantitative estimate of drug-likeness (QED) is 0.801. The molecule has 0 spiro atoms. The number of nitrogens with zero attached hydrogens (tertiary/aromatic N) is 3. The molecule has 1 N–H and O–H groups in total. The van der Waals surface area contributed by atoms with Crippen LogP contribution < -0.4 is 11.0 Å². The molecule has 0 radical (unpaired) electrons. The second-order valence-corrected chi connectivity index (χ2v) is 6.41. The van der Waals surface area contributed by atoms with Crippen molar-refractivity contribution in [3.8, 4) is 0 Å². The van der Waals surface area contributed by atoms with Crippen LogP contribution in [0.2, 0.25) is 0 Å². The molecule has 0 aliphatic carbocycles. The molecule has 0 bridgehead atoms. The van der Waals surface area contributed by atoms with E-state index < -0.39 is 0 Å². The van der Waals surface area contributed by atoms with E-state index in [9.17, 15) is 9.59 Å². The van der Waals surface area contributed by atoms with Crippen LogP contribution in [0, 0.1) is 5.92 Å². The highest BCUT2D eigenvalue weighted by Gasteiger charge is 2.23. The SMILES string of the molecule is CC(C)C(C(=O)Nc1ccc2c(c1)n(C)c(=O)n2C)n1cccc1. The second kappa shape index (κ2) is 6.03. The number of carbonyl (C=O) groups is 1. The first-order valence-electron chi connectivity index (χ1n) is 7.99. The van der Waals surface area contributed by atoms with Crippen molar-refractivity contribution in [3.05, 3.63) is 53.2 Å². The van der Waals surface area contributed by atoms with E-state index in [1.807, 2.05) is 61.1 Å². The number of imidazole rings is 1. The number of aryl methyl sites for hydroxylation is 2. The molecule has 3 rings (SSSR count). The largest absolute Gasteiger partial charge is 0.342 e. The third-order valence-corrected chi connectivity index (χ3v) is 4.39. The van der Waals surface area contributed by atoms with Gasteiger partial charge in [0.2, 0.25) is 5.91 Å². The second-order valence-electron chi connectivity index (χ2n) is 6.41. The van der Waals surface area contributed by atoms with Crippen LogP contribution in [0.25, 0.3) is 11.0 Å². The first-order chi connectivity index (χ1) is 11.4. The summed E-state index contributed by atoms with van der Waals surface area (Å²) in [5, 5.41) is 2.98. The Labute approximate surface area is 140 Å². The molecular weight excluding hydrogens is 304 g/mol. The lowest BCUT2D eigenvalue weighted by molar-refractivity contribution is -0.120. The first kappa shape index (κ1) is 16.1. The fourth-order valence-electron chi connectivity index (χ4n) is 3.12. The van der Waals surface area contributed by atoms with Crippen molar-refractivity contribution in [1.29, 1.82) is 0 Å². The summed E-state index contributed by atoms with van der Waals surface area (Å²) in [5.41, 5.74) is 2.24. The Hall–Kier alpha value is -2.76. The lowest BCUT2D eigenvalue weighted by atomic mass is 10.0. The molecule has 126 valence electrons. The van der Waals surface area contributed by atoms with Gasteiger partial charge in [-0.1, -0.05) is 13.8 Å². The molecule has 0 aliphatic heterocycles. The molecule has 0 saturated heterocycles. The minimum absolute atomic E-state index is 0.0681. The van der Waals surface area contributed by atoms with Gasteiger partial charge in [0.25, 0.3) is 0 Å². The van der Waals surface area contributed by atoms with Gasteiger partial charge in [0, 0.05) is 32.2 Å². The van der Waals surface area contributed by atoms with Gasteiger partial charge in [-0.3, -0.25) is 13.9 Å². The van der Waals surface area contributed by atoms with Gasteiger partial charge in [0.15, 0.2) is 0 Å². The Bertz CT molecular complexity index is 932. The molecule has 0 fully saturated rings. The van der Waals surface area contributed by atoms with Crippen molar-refractivity contribution >= 4 is 22.6 Å². The minimum Gasteiger partial charge on any atom is -0.342 e. The number of hydrogen-bond acceptors (Lipinski definition) is 2. The molecule has 2 heterocycles. The molecule has 1 atom stereocenters. The molecule has 6 nitrogen and oxygen atoms in total. The van der Waals surface area contributed by atoms with Crippen LogP contribution in [0.1, 0.15) is 19.9 Å². The summed E-state index contributed by atoms with van der Waals surface area (Å²) in [6.45, 7) is 4.04. The van der Waals surface area contributed by atoms with E-state index in [-0.39, 0.29) is 23.6 Å². The highest BCUT2D eigenvalue weighted by atomic mass is 16.2. The summed E-state index contributed by atoms with van der Waals surface area (Å²) in [6, 6.07) is 9.05. The maximum atomic E-state index is 12.7. The number of nitrogens with one attached hydrogen (secondary N) is 1. The molecular formula is C18H22N4O2. The molecule has 24 heavy (non-hydrogen) atoms. The fourth-order valence-corrected chi connectivity index (χ4v) is 3.12. The number of hydrogen-bond donors (Lipinski definition) is 1. The maximum Gasteiger partial charge on any atom is 0.328 e. The van der Waals surface area contributed by atoms with Crippen LogP contribution in [-0.2, 0) is 18.9 Å². The number of fused-ring (bicyclic) bond motifs is 1. The van der Waals surface area contributed by atoms with Crippen LogP contribution in [0.5, 0.6) is 0 Å². The summed E-state index contributed by atoms with van der Waals surface area (Å²) >= 11 is 0. The van der Waals surface area contributed by atoms with Gasteiger partial charge in [-0.25, -0.2) is 4.79 Å². The third kappa shape index (κ3) is 2.64. The van der Waals surface area contributed by atoms with Crippen molar-refractivity contribution in [3.63, 3.8) is 0 Å². The molecule has 1 unspecified atom stereocenters. The normalized spacial score (nSPS) is 12.7. The van der Waals surface area contributed by atoms with Crippen LogP contribution in [-0.4, -0.2) is 19.6 Å². The van der Waals surface area contributed by atoms with E-state index in [1.165, 1.54) is 0 Å². The zero-order chi connectivity index (χ0) is 17.4. The highest BCUT2D eigenvalue weighted by Crippen LogP contribution is 2.22. The molecule has 0 aliphatic rings. The predicted molar refractivity (Wildman–Crippen MR) is 95.1 cm³/mol. The maximum absolute atomic E-state index is 12.7. The summed E-state index contributed by atoms with van der Waals surface area (Å²) in [4.78, 5) is 24.7. The monoisotopic (exact) mass is 326 g/mol. The molecule has 3 aromatic rings. The van der Waals surface area contributed by atoms with Crippen molar-refractivity contribution < 1.29 is 4.79 Å². The Kier molecular flexibility index (Phi) is 4.05. The van der Waals surface area contributed by atoms with Crippen LogP contribution in [0.15, 0.2) is 47.5 Å². The van der Waals surface area contributed by atoms with Crippen LogP contribution in [0.4, 0.5) is 5.69 Å². The minimum atomic E-state index is -0.282. The zero-order valence-corrected chi connectivity index (χ0v) is 14.4. The van der Waals surface area contributed by atoms with Crippen LogP contribution in [0.3, 0.4) is 0 Å². The summed E-state index contributed by atoms with van der Waals surface area (Å²) < 4.78 is 5.09. The summed E-state index contributed by atoms with van der Waals surface area (Å²) in [7, 11) is 3.47. The number of anilines is 1. The third-order valence-electron chi connectivity index (χ3n) is 4.39. The van der Waals surface area contributed by atoms with Crippen molar-refractivity contribution in [2.45, 2.75) is 19.9 Å². The average Bonchev–Trinajstić information content (AvgIpc) is 3.12. The topological polar surface area (TPSA) is 61.0 Å². The van der Waals surface area contributed by atoms with Gasteiger partial charge < -0.3 is 9.88 Å².